The van der Waals surface area contributed by atoms with Crippen molar-refractivity contribution in [2.45, 2.75) is 164 Å². The Labute approximate surface area is 367 Å². The Morgan fingerprint density at radius 1 is 0.918 bits per heavy atom. The second-order valence-electron chi connectivity index (χ2n) is 22.5. The zero-order valence-electron chi connectivity index (χ0n) is 39.1. The van der Waals surface area contributed by atoms with Gasteiger partial charge in [-0.2, -0.15) is 0 Å². The lowest BCUT2D eigenvalue weighted by Crippen LogP contribution is -2.51. The van der Waals surface area contributed by atoms with Crippen molar-refractivity contribution in [3.05, 3.63) is 12.7 Å². The van der Waals surface area contributed by atoms with E-state index in [1.807, 2.05) is 34.6 Å². The number of carbonyl (C=O) groups excluding carboxylic acids is 7. The number of fused-ring (bicyclic) bond motifs is 3. The lowest BCUT2D eigenvalue weighted by Gasteiger charge is -2.39. The molecule has 4 fully saturated rings. The minimum absolute atomic E-state index is 0.0126. The van der Waals surface area contributed by atoms with Crippen molar-refractivity contribution in [2.75, 3.05) is 31.9 Å². The van der Waals surface area contributed by atoms with Gasteiger partial charge in [-0.3, -0.25) is 38.5 Å². The maximum Gasteiger partial charge on any atom is 0.229 e. The standard InChI is InChI=1S/C47H77N3O9SSi/c1-12-13-20-37(52)43(56)32-19-17-15-14-16-18-21-48(60(58,59)22-23-61(9,10)11)29-33(44(57)50-31-36-41(47(36,7)8)42(50)38(53)25-32)24-35(51)26-34(45(2,3)4)30-49-39(54)27-46(5,6)28-40(49)55/h12,32-34,36,41-42H,1,13-31H2,2-11H3/t32-,33+,34-,36+,41+,42-/m1/s1. The van der Waals surface area contributed by atoms with E-state index in [2.05, 4.69) is 40.1 Å². The van der Waals surface area contributed by atoms with E-state index in [-0.39, 0.29) is 111 Å². The lowest BCUT2D eigenvalue weighted by molar-refractivity contribution is -0.154. The fraction of sp³-hybridized carbons (Fsp3) is 0.809. The molecule has 12 nitrogen and oxygen atoms in total. The van der Waals surface area contributed by atoms with Crippen molar-refractivity contribution in [3.8, 4) is 0 Å². The molecule has 61 heavy (non-hydrogen) atoms. The number of allylic oxidation sites excluding steroid dienone is 1. The molecule has 3 heterocycles. The Morgan fingerprint density at radius 2 is 1.52 bits per heavy atom. The zero-order valence-corrected chi connectivity index (χ0v) is 40.9. The minimum Gasteiger partial charge on any atom is -0.332 e. The average molecular weight is 888 g/mol. The van der Waals surface area contributed by atoms with E-state index in [0.29, 0.717) is 38.1 Å². The Kier molecular flexibility index (Phi) is 16.6. The van der Waals surface area contributed by atoms with Crippen LogP contribution < -0.4 is 0 Å². The number of nitrogens with zero attached hydrogens (tertiary/aromatic N) is 3. The number of likely N-dealkylation sites (tertiary alicyclic amines) is 1. The Hall–Kier alpha value is -2.84. The van der Waals surface area contributed by atoms with Crippen LogP contribution in [0, 0.1) is 45.8 Å². The van der Waals surface area contributed by atoms with Crippen molar-refractivity contribution >= 4 is 59.0 Å². The van der Waals surface area contributed by atoms with Crippen LogP contribution in [0.25, 0.3) is 0 Å². The fourth-order valence-corrected chi connectivity index (χ4v) is 14.5. The summed E-state index contributed by atoms with van der Waals surface area (Å²) in [6.45, 7) is 24.1. The van der Waals surface area contributed by atoms with E-state index in [0.717, 1.165) is 12.8 Å². The number of hydrogen-bond acceptors (Lipinski definition) is 9. The molecule has 0 aromatic carbocycles. The number of hydrogen-bond donors (Lipinski definition) is 0. The summed E-state index contributed by atoms with van der Waals surface area (Å²) in [6, 6.07) is -0.324. The average Bonchev–Trinajstić information content (AvgIpc) is 3.43. The third kappa shape index (κ3) is 13.3. The zero-order chi connectivity index (χ0) is 45.9. The quantitative estimate of drug-likeness (QED) is 0.0712. The lowest BCUT2D eigenvalue weighted by atomic mass is 9.75. The first-order chi connectivity index (χ1) is 28.1. The summed E-state index contributed by atoms with van der Waals surface area (Å²) in [5.41, 5.74) is -1.19. The van der Waals surface area contributed by atoms with Crippen LogP contribution in [-0.2, 0) is 43.6 Å². The summed E-state index contributed by atoms with van der Waals surface area (Å²) in [5, 5.41) is 0. The molecule has 3 aliphatic heterocycles. The van der Waals surface area contributed by atoms with Gasteiger partial charge in [-0.15, -0.1) is 6.58 Å². The third-order valence-corrected chi connectivity index (χ3v) is 18.1. The molecule has 1 aliphatic carbocycles. The van der Waals surface area contributed by atoms with Crippen LogP contribution in [0.15, 0.2) is 12.7 Å². The van der Waals surface area contributed by atoms with E-state index in [4.69, 9.17) is 0 Å². The summed E-state index contributed by atoms with van der Waals surface area (Å²) in [7, 11) is -5.62. The third-order valence-electron chi connectivity index (χ3n) is 14.2. The molecule has 4 aliphatic rings. The van der Waals surface area contributed by atoms with Gasteiger partial charge in [0.15, 0.2) is 11.6 Å². The SMILES string of the molecule is C=CCCC(=O)C(=O)[C@@H]1CCCCCCCN(S(=O)(=O)CC[Si](C)(C)C)C[C@H](CC(=O)C[C@H](CN2C(=O)CC(C)(C)CC2=O)C(C)(C)C)C(=O)N2C[C@H]3[C@@H]([C@H]2C(=O)C1)C3(C)C. The highest BCUT2D eigenvalue weighted by atomic mass is 32.2. The van der Waals surface area contributed by atoms with Gasteiger partial charge in [-0.05, 0) is 59.3 Å². The van der Waals surface area contributed by atoms with Gasteiger partial charge in [-0.1, -0.05) is 99.9 Å². The smallest absolute Gasteiger partial charge is 0.229 e. The Balaban J connectivity index is 1.71. The molecular weight excluding hydrogens is 811 g/mol. The summed E-state index contributed by atoms with van der Waals surface area (Å²) < 4.78 is 29.9. The number of piperidine rings is 2. The summed E-state index contributed by atoms with van der Waals surface area (Å²) >= 11 is 0. The number of ketones is 4. The van der Waals surface area contributed by atoms with Gasteiger partial charge in [0, 0.05) is 78.7 Å². The molecule has 0 bridgehead atoms. The first kappa shape index (κ1) is 50.8. The second-order valence-corrected chi connectivity index (χ2v) is 30.2. The summed E-state index contributed by atoms with van der Waals surface area (Å²) in [4.78, 5) is 100. The van der Waals surface area contributed by atoms with Gasteiger partial charge >= 0.3 is 0 Å². The monoisotopic (exact) mass is 888 g/mol. The molecule has 1 saturated carbocycles. The maximum absolute atomic E-state index is 15.1. The summed E-state index contributed by atoms with van der Waals surface area (Å²) in [5.74, 6) is -5.13. The van der Waals surface area contributed by atoms with Gasteiger partial charge in [0.1, 0.15) is 5.78 Å². The molecule has 344 valence electrons. The van der Waals surface area contributed by atoms with Crippen LogP contribution in [-0.4, -0.2) is 109 Å². The molecule has 0 N–H and O–H groups in total. The predicted molar refractivity (Wildman–Crippen MR) is 240 cm³/mol. The van der Waals surface area contributed by atoms with Gasteiger partial charge in [0.2, 0.25) is 33.5 Å². The number of rotatable bonds is 15. The predicted octanol–water partition coefficient (Wildman–Crippen LogP) is 7.28. The highest BCUT2D eigenvalue weighted by molar-refractivity contribution is 7.89. The van der Waals surface area contributed by atoms with Gasteiger partial charge in [0.25, 0.3) is 0 Å². The van der Waals surface area contributed by atoms with Crippen molar-refractivity contribution in [1.82, 2.24) is 14.1 Å². The van der Waals surface area contributed by atoms with Gasteiger partial charge in [0.05, 0.1) is 17.7 Å². The Bertz CT molecular complexity index is 1790. The number of amides is 3. The maximum atomic E-state index is 15.1. The largest absolute Gasteiger partial charge is 0.332 e. The molecule has 0 unspecified atom stereocenters. The molecule has 3 saturated heterocycles. The molecule has 6 atom stereocenters. The highest BCUT2D eigenvalue weighted by Gasteiger charge is 2.69. The molecule has 4 rings (SSSR count). The van der Waals surface area contributed by atoms with Crippen LogP contribution in [0.1, 0.15) is 132 Å². The van der Waals surface area contributed by atoms with Crippen LogP contribution in [0.2, 0.25) is 25.7 Å². The van der Waals surface area contributed by atoms with Gasteiger partial charge < -0.3 is 4.90 Å². The number of imide groups is 1. The first-order valence-electron chi connectivity index (χ1n) is 22.9. The van der Waals surface area contributed by atoms with Crippen molar-refractivity contribution < 1.29 is 42.0 Å². The normalized spacial score (nSPS) is 27.6. The van der Waals surface area contributed by atoms with Crippen molar-refractivity contribution in [3.63, 3.8) is 0 Å². The van der Waals surface area contributed by atoms with Crippen LogP contribution >= 0.6 is 0 Å². The van der Waals surface area contributed by atoms with E-state index in [1.165, 1.54) is 9.21 Å². The van der Waals surface area contributed by atoms with E-state index >= 15 is 4.79 Å². The van der Waals surface area contributed by atoms with Crippen molar-refractivity contribution in [1.29, 1.82) is 0 Å². The van der Waals surface area contributed by atoms with E-state index in [1.54, 1.807) is 11.0 Å². The molecule has 3 amide bonds. The summed E-state index contributed by atoms with van der Waals surface area (Å²) in [6.07, 6.45) is 5.76. The number of sulfonamides is 1. The molecule has 14 heteroatoms. The minimum atomic E-state index is -3.84. The number of carbonyl (C=O) groups is 7. The molecule has 0 aromatic heterocycles. The topological polar surface area (TPSA) is 163 Å². The first-order valence-corrected chi connectivity index (χ1v) is 28.2. The van der Waals surface area contributed by atoms with Crippen LogP contribution in [0.4, 0.5) is 0 Å². The molecule has 0 spiro atoms. The van der Waals surface area contributed by atoms with Crippen molar-refractivity contribution in [2.24, 2.45) is 45.8 Å². The van der Waals surface area contributed by atoms with Crippen LogP contribution in [0.3, 0.4) is 0 Å². The molecular formula is C47H77N3O9SSi. The molecule has 0 aromatic rings. The molecule has 0 radical (unpaired) electrons. The fourth-order valence-electron chi connectivity index (χ4n) is 9.90. The second kappa shape index (κ2) is 19.9. The van der Waals surface area contributed by atoms with Gasteiger partial charge in [-0.25, -0.2) is 12.7 Å². The highest BCUT2D eigenvalue weighted by Crippen LogP contribution is 2.65. The Morgan fingerprint density at radius 3 is 2.11 bits per heavy atom. The van der Waals surface area contributed by atoms with E-state index < -0.39 is 70.2 Å². The van der Waals surface area contributed by atoms with Crippen LogP contribution in [0.5, 0.6) is 0 Å². The number of Topliss-reactive ketones (excluding diaryl/α,β-unsaturated/α-hetero) is 4. The van der Waals surface area contributed by atoms with E-state index in [9.17, 15) is 37.2 Å².